The summed E-state index contributed by atoms with van der Waals surface area (Å²) in [5, 5.41) is 15.9. The highest BCUT2D eigenvalue weighted by molar-refractivity contribution is 7.10. The molecule has 0 saturated carbocycles. The van der Waals surface area contributed by atoms with Gasteiger partial charge in [-0.05, 0) is 55.6 Å². The number of carbonyl (C=O) groups excluding carboxylic acids is 1. The van der Waals surface area contributed by atoms with E-state index in [0.29, 0.717) is 40.9 Å². The van der Waals surface area contributed by atoms with E-state index >= 15 is 0 Å². The van der Waals surface area contributed by atoms with Gasteiger partial charge in [-0.25, -0.2) is 0 Å². The van der Waals surface area contributed by atoms with Gasteiger partial charge in [0.2, 0.25) is 0 Å². The molecule has 28 heavy (non-hydrogen) atoms. The minimum Gasteiger partial charge on any atom is -0.490 e. The molecule has 2 heterocycles. The van der Waals surface area contributed by atoms with E-state index in [1.165, 1.54) is 17.6 Å². The van der Waals surface area contributed by atoms with Crippen LogP contribution in [-0.2, 0) is 5.60 Å². The highest BCUT2D eigenvalue weighted by Crippen LogP contribution is 2.33. The van der Waals surface area contributed by atoms with Gasteiger partial charge in [-0.15, -0.1) is 11.3 Å². The molecule has 0 aliphatic carbocycles. The molecule has 148 valence electrons. The van der Waals surface area contributed by atoms with Gasteiger partial charge in [-0.1, -0.05) is 6.07 Å². The molecule has 2 N–H and O–H groups in total. The van der Waals surface area contributed by atoms with Crippen LogP contribution in [0.5, 0.6) is 11.5 Å². The number of ether oxygens (including phenoxy) is 2. The summed E-state index contributed by atoms with van der Waals surface area (Å²) in [6, 6.07) is 12.1. The zero-order valence-corrected chi connectivity index (χ0v) is 16.6. The third kappa shape index (κ3) is 4.21. The number of amides is 1. The Morgan fingerprint density at radius 1 is 1.14 bits per heavy atom. The Bertz CT molecular complexity index is 855. The lowest BCUT2D eigenvalue weighted by Gasteiger charge is -2.25. The standard InChI is InChI=1S/C21H23NO5S/c1-3-25-16-10-9-15(13-17(16)26-4-2)20(23)22-14-21(24,18-7-5-11-27-18)19-8-6-12-28-19/h5-13,24H,3-4,14H2,1-2H3,(H,22,23). The van der Waals surface area contributed by atoms with Crippen LogP contribution in [0.2, 0.25) is 0 Å². The van der Waals surface area contributed by atoms with Crippen molar-refractivity contribution in [3.63, 3.8) is 0 Å². The molecule has 0 aliphatic heterocycles. The summed E-state index contributed by atoms with van der Waals surface area (Å²) in [5.41, 5.74) is -1.03. The summed E-state index contributed by atoms with van der Waals surface area (Å²) < 4.78 is 16.5. The molecule has 1 amide bonds. The highest BCUT2D eigenvalue weighted by Gasteiger charge is 2.36. The number of nitrogens with one attached hydrogen (secondary N) is 1. The van der Waals surface area contributed by atoms with E-state index in [9.17, 15) is 9.90 Å². The maximum absolute atomic E-state index is 12.7. The molecule has 0 bridgehead atoms. The van der Waals surface area contributed by atoms with Crippen LogP contribution in [0.3, 0.4) is 0 Å². The fraction of sp³-hybridized carbons (Fsp3) is 0.286. The maximum Gasteiger partial charge on any atom is 0.251 e. The van der Waals surface area contributed by atoms with Gasteiger partial charge in [0, 0.05) is 10.4 Å². The summed E-state index contributed by atoms with van der Waals surface area (Å²) in [4.78, 5) is 13.4. The zero-order valence-electron chi connectivity index (χ0n) is 15.8. The molecule has 1 unspecified atom stereocenters. The SMILES string of the molecule is CCOc1ccc(C(=O)NCC(O)(c2ccco2)c2cccs2)cc1OCC. The lowest BCUT2D eigenvalue weighted by molar-refractivity contribution is 0.0554. The van der Waals surface area contributed by atoms with Crippen molar-refractivity contribution < 1.29 is 23.8 Å². The van der Waals surface area contributed by atoms with E-state index in [2.05, 4.69) is 5.32 Å². The van der Waals surface area contributed by atoms with E-state index in [4.69, 9.17) is 13.9 Å². The third-order valence-corrected chi connectivity index (χ3v) is 5.19. The second kappa shape index (κ2) is 8.95. The molecule has 0 radical (unpaired) electrons. The van der Waals surface area contributed by atoms with E-state index < -0.39 is 5.60 Å². The van der Waals surface area contributed by atoms with Crippen molar-refractivity contribution in [3.8, 4) is 11.5 Å². The zero-order chi connectivity index (χ0) is 20.0. The van der Waals surface area contributed by atoms with Crippen LogP contribution in [0.25, 0.3) is 0 Å². The first-order valence-corrected chi connectivity index (χ1v) is 9.94. The Hall–Kier alpha value is -2.77. The topological polar surface area (TPSA) is 80.9 Å². The Morgan fingerprint density at radius 3 is 2.57 bits per heavy atom. The minimum absolute atomic E-state index is 0.0307. The summed E-state index contributed by atoms with van der Waals surface area (Å²) in [6.45, 7) is 4.69. The Kier molecular flexibility index (Phi) is 6.38. The lowest BCUT2D eigenvalue weighted by Crippen LogP contribution is -2.41. The predicted molar refractivity (Wildman–Crippen MR) is 107 cm³/mol. The summed E-state index contributed by atoms with van der Waals surface area (Å²) in [7, 11) is 0. The first-order valence-electron chi connectivity index (χ1n) is 9.06. The van der Waals surface area contributed by atoms with Gasteiger partial charge < -0.3 is 24.3 Å². The van der Waals surface area contributed by atoms with Crippen molar-refractivity contribution >= 4 is 17.2 Å². The largest absolute Gasteiger partial charge is 0.490 e. The molecule has 0 saturated heterocycles. The Labute approximate surface area is 167 Å². The number of benzene rings is 1. The average molecular weight is 401 g/mol. The quantitative estimate of drug-likeness (QED) is 0.570. The number of hydrogen-bond acceptors (Lipinski definition) is 6. The molecule has 6 nitrogen and oxygen atoms in total. The molecule has 0 spiro atoms. The normalized spacial score (nSPS) is 13.0. The maximum atomic E-state index is 12.7. The summed E-state index contributed by atoms with van der Waals surface area (Å²) in [6.07, 6.45) is 1.50. The van der Waals surface area contributed by atoms with Crippen LogP contribution in [0.1, 0.15) is 34.8 Å². The van der Waals surface area contributed by atoms with E-state index in [-0.39, 0.29) is 12.5 Å². The van der Waals surface area contributed by atoms with E-state index in [1.807, 2.05) is 31.4 Å². The van der Waals surface area contributed by atoms with Gasteiger partial charge >= 0.3 is 0 Å². The van der Waals surface area contributed by atoms with E-state index in [0.717, 1.165) is 0 Å². The first-order chi connectivity index (χ1) is 13.6. The van der Waals surface area contributed by atoms with Crippen molar-refractivity contribution in [2.45, 2.75) is 19.4 Å². The van der Waals surface area contributed by atoms with Crippen molar-refractivity contribution in [2.24, 2.45) is 0 Å². The smallest absolute Gasteiger partial charge is 0.251 e. The number of furan rings is 1. The molecule has 3 aromatic rings. The number of carbonyl (C=O) groups is 1. The van der Waals surface area contributed by atoms with Crippen molar-refractivity contribution in [3.05, 3.63) is 70.3 Å². The molecule has 1 aromatic carbocycles. The Morgan fingerprint density at radius 2 is 1.93 bits per heavy atom. The summed E-state index contributed by atoms with van der Waals surface area (Å²) >= 11 is 1.39. The first kappa shape index (κ1) is 20.0. The van der Waals surface area contributed by atoms with Gasteiger partial charge in [-0.3, -0.25) is 4.79 Å². The number of rotatable bonds is 9. The van der Waals surface area contributed by atoms with Crippen molar-refractivity contribution in [2.75, 3.05) is 19.8 Å². The van der Waals surface area contributed by atoms with Crippen LogP contribution in [-0.4, -0.2) is 30.8 Å². The van der Waals surface area contributed by atoms with Crippen LogP contribution in [0, 0.1) is 0 Å². The second-order valence-electron chi connectivity index (χ2n) is 6.03. The van der Waals surface area contributed by atoms with Gasteiger partial charge in [0.05, 0.1) is 26.0 Å². The number of hydrogen-bond donors (Lipinski definition) is 2. The minimum atomic E-state index is -1.44. The number of thiophene rings is 1. The molecule has 0 aliphatic rings. The van der Waals surface area contributed by atoms with E-state index in [1.54, 1.807) is 30.3 Å². The fourth-order valence-electron chi connectivity index (χ4n) is 2.83. The Balaban J connectivity index is 1.79. The molecule has 7 heteroatoms. The summed E-state index contributed by atoms with van der Waals surface area (Å²) in [5.74, 6) is 1.14. The van der Waals surface area contributed by atoms with Gasteiger partial charge in [0.15, 0.2) is 17.1 Å². The van der Waals surface area contributed by atoms with Crippen LogP contribution in [0.4, 0.5) is 0 Å². The molecule has 2 aromatic heterocycles. The second-order valence-corrected chi connectivity index (χ2v) is 6.97. The van der Waals surface area contributed by atoms with Gasteiger partial charge in [-0.2, -0.15) is 0 Å². The van der Waals surface area contributed by atoms with Crippen molar-refractivity contribution in [1.82, 2.24) is 5.32 Å². The van der Waals surface area contributed by atoms with Gasteiger partial charge in [0.25, 0.3) is 5.91 Å². The van der Waals surface area contributed by atoms with Crippen LogP contribution in [0.15, 0.2) is 58.5 Å². The molecule has 3 rings (SSSR count). The van der Waals surface area contributed by atoms with Crippen molar-refractivity contribution in [1.29, 1.82) is 0 Å². The molecular formula is C21H23NO5S. The lowest BCUT2D eigenvalue weighted by atomic mass is 9.98. The predicted octanol–water partition coefficient (Wildman–Crippen LogP) is 3.80. The van der Waals surface area contributed by atoms with Crippen LogP contribution >= 0.6 is 11.3 Å². The van der Waals surface area contributed by atoms with Crippen LogP contribution < -0.4 is 14.8 Å². The van der Waals surface area contributed by atoms with Gasteiger partial charge in [0.1, 0.15) is 5.76 Å². The molecule has 0 fully saturated rings. The molecule has 1 atom stereocenters. The monoisotopic (exact) mass is 401 g/mol. The average Bonchev–Trinajstić information content (AvgIpc) is 3.42. The number of aliphatic hydroxyl groups is 1. The fourth-order valence-corrected chi connectivity index (χ4v) is 3.65. The molecular weight excluding hydrogens is 378 g/mol. The highest BCUT2D eigenvalue weighted by atomic mass is 32.1. The third-order valence-electron chi connectivity index (χ3n) is 4.17.